The minimum Gasteiger partial charge on any atom is -0.340 e. The minimum absolute atomic E-state index is 0.580. The standard InChI is InChI=1S/C18H21NS2/c1-19(2)13-7-12-16-14-8-3-4-9-15(14)20-17-10-5-6-11-18(17)21-16/h3-6,8-11,16H,7,12-13H2,1-2H3/p+1/t16-/m1/s1. The molecular formula is C18H22NS2+. The van der Waals surface area contributed by atoms with Crippen LogP contribution in [0, 0.1) is 0 Å². The van der Waals surface area contributed by atoms with Crippen LogP contribution in [0.2, 0.25) is 0 Å². The number of rotatable bonds is 4. The highest BCUT2D eigenvalue weighted by molar-refractivity contribution is 8.03. The van der Waals surface area contributed by atoms with E-state index in [0.717, 1.165) is 0 Å². The molecule has 3 heteroatoms. The summed E-state index contributed by atoms with van der Waals surface area (Å²) in [6, 6.07) is 17.7. The van der Waals surface area contributed by atoms with Gasteiger partial charge in [0, 0.05) is 19.9 Å². The molecule has 110 valence electrons. The molecule has 0 saturated carbocycles. The molecule has 3 rings (SSSR count). The van der Waals surface area contributed by atoms with Gasteiger partial charge in [0.15, 0.2) is 0 Å². The second-order valence-electron chi connectivity index (χ2n) is 5.79. The summed E-state index contributed by atoms with van der Waals surface area (Å²) < 4.78 is 0. The first-order valence-electron chi connectivity index (χ1n) is 7.55. The summed E-state index contributed by atoms with van der Waals surface area (Å²) >= 11 is 3.96. The van der Waals surface area contributed by atoms with Crippen molar-refractivity contribution in [3.8, 4) is 0 Å². The fourth-order valence-electron chi connectivity index (χ4n) is 2.66. The molecule has 0 unspecified atom stereocenters. The van der Waals surface area contributed by atoms with Crippen LogP contribution in [-0.4, -0.2) is 20.6 Å². The highest BCUT2D eigenvalue weighted by Crippen LogP contribution is 2.50. The molecule has 0 aromatic heterocycles. The zero-order chi connectivity index (χ0) is 14.7. The molecule has 1 heterocycles. The van der Waals surface area contributed by atoms with E-state index >= 15 is 0 Å². The molecule has 0 amide bonds. The van der Waals surface area contributed by atoms with Crippen molar-refractivity contribution in [2.24, 2.45) is 0 Å². The predicted octanol–water partition coefficient (Wildman–Crippen LogP) is 3.91. The molecule has 1 atom stereocenters. The molecule has 2 aromatic rings. The van der Waals surface area contributed by atoms with Gasteiger partial charge in [-0.3, -0.25) is 0 Å². The van der Waals surface area contributed by atoms with E-state index in [-0.39, 0.29) is 0 Å². The lowest BCUT2D eigenvalue weighted by Crippen LogP contribution is -3.05. The Bertz CT molecular complexity index is 610. The van der Waals surface area contributed by atoms with Gasteiger partial charge >= 0.3 is 0 Å². The van der Waals surface area contributed by atoms with Crippen LogP contribution in [0.5, 0.6) is 0 Å². The Kier molecular flexibility index (Phi) is 4.94. The van der Waals surface area contributed by atoms with E-state index in [2.05, 4.69) is 62.6 Å². The third-order valence-electron chi connectivity index (χ3n) is 3.75. The lowest BCUT2D eigenvalue weighted by molar-refractivity contribution is -0.858. The molecule has 21 heavy (non-hydrogen) atoms. The number of nitrogens with one attached hydrogen (secondary N) is 1. The quantitative estimate of drug-likeness (QED) is 0.912. The van der Waals surface area contributed by atoms with Crippen LogP contribution < -0.4 is 4.90 Å². The van der Waals surface area contributed by atoms with Crippen molar-refractivity contribution in [2.45, 2.75) is 32.8 Å². The Balaban J connectivity index is 1.88. The van der Waals surface area contributed by atoms with Gasteiger partial charge in [-0.25, -0.2) is 0 Å². The SMILES string of the molecule is C[NH+](C)CCC[C@H]1Sc2ccccc2Sc2ccccc21. The van der Waals surface area contributed by atoms with E-state index in [1.807, 2.05) is 23.5 Å². The van der Waals surface area contributed by atoms with Crippen molar-refractivity contribution in [1.82, 2.24) is 0 Å². The minimum atomic E-state index is 0.580. The smallest absolute Gasteiger partial charge is 0.0767 e. The van der Waals surface area contributed by atoms with Gasteiger partial charge < -0.3 is 4.90 Å². The Labute approximate surface area is 136 Å². The first-order valence-corrected chi connectivity index (χ1v) is 9.25. The molecule has 0 aliphatic carbocycles. The average Bonchev–Trinajstić information content (AvgIpc) is 2.63. The predicted molar refractivity (Wildman–Crippen MR) is 92.5 cm³/mol. The van der Waals surface area contributed by atoms with Gasteiger partial charge in [0.1, 0.15) is 0 Å². The highest BCUT2D eigenvalue weighted by atomic mass is 32.2. The largest absolute Gasteiger partial charge is 0.340 e. The Morgan fingerprint density at radius 1 is 0.905 bits per heavy atom. The first-order chi connectivity index (χ1) is 10.2. The number of hydrogen-bond donors (Lipinski definition) is 1. The molecule has 1 aliphatic heterocycles. The molecule has 0 fully saturated rings. The summed E-state index contributed by atoms with van der Waals surface area (Å²) in [5.41, 5.74) is 1.51. The average molecular weight is 317 g/mol. The molecule has 1 nitrogen and oxygen atoms in total. The first kappa shape index (κ1) is 15.0. The highest BCUT2D eigenvalue weighted by Gasteiger charge is 2.22. The summed E-state index contributed by atoms with van der Waals surface area (Å²) in [6.45, 7) is 1.24. The third kappa shape index (κ3) is 3.65. The molecule has 0 saturated heterocycles. The molecule has 1 aliphatic rings. The summed E-state index contributed by atoms with van der Waals surface area (Å²) in [4.78, 5) is 5.80. The van der Waals surface area contributed by atoms with Gasteiger partial charge in [0.05, 0.1) is 20.6 Å². The van der Waals surface area contributed by atoms with E-state index in [0.29, 0.717) is 5.25 Å². The fraction of sp³-hybridized carbons (Fsp3) is 0.333. The van der Waals surface area contributed by atoms with Crippen molar-refractivity contribution < 1.29 is 4.90 Å². The molecule has 1 N–H and O–H groups in total. The molecule has 0 radical (unpaired) electrons. The van der Waals surface area contributed by atoms with Crippen LogP contribution in [0.15, 0.2) is 63.2 Å². The monoisotopic (exact) mass is 316 g/mol. The molecule has 0 spiro atoms. The van der Waals surface area contributed by atoms with Crippen LogP contribution in [0.25, 0.3) is 0 Å². The maximum absolute atomic E-state index is 2.31. The van der Waals surface area contributed by atoms with Crippen LogP contribution in [-0.2, 0) is 0 Å². The van der Waals surface area contributed by atoms with Crippen LogP contribution in [0.1, 0.15) is 23.7 Å². The van der Waals surface area contributed by atoms with Gasteiger partial charge in [0.25, 0.3) is 0 Å². The maximum atomic E-state index is 2.31. The maximum Gasteiger partial charge on any atom is 0.0767 e. The molecular weight excluding hydrogens is 294 g/mol. The Hall–Kier alpha value is -0.900. The van der Waals surface area contributed by atoms with Crippen molar-refractivity contribution in [2.75, 3.05) is 20.6 Å². The second-order valence-corrected chi connectivity index (χ2v) is 8.12. The fourth-order valence-corrected chi connectivity index (χ4v) is 5.30. The number of quaternary nitrogens is 1. The zero-order valence-electron chi connectivity index (χ0n) is 12.6. The second kappa shape index (κ2) is 6.91. The number of fused-ring (bicyclic) bond motifs is 2. The topological polar surface area (TPSA) is 4.44 Å². The van der Waals surface area contributed by atoms with Crippen LogP contribution >= 0.6 is 23.5 Å². The van der Waals surface area contributed by atoms with E-state index in [4.69, 9.17) is 0 Å². The van der Waals surface area contributed by atoms with E-state index in [9.17, 15) is 0 Å². The Morgan fingerprint density at radius 3 is 2.33 bits per heavy atom. The lowest BCUT2D eigenvalue weighted by atomic mass is 10.1. The summed E-state index contributed by atoms with van der Waals surface area (Å²) in [5.74, 6) is 0. The number of thioether (sulfide) groups is 1. The van der Waals surface area contributed by atoms with Crippen molar-refractivity contribution >= 4 is 23.5 Å². The summed E-state index contributed by atoms with van der Waals surface area (Å²) in [6.07, 6.45) is 2.53. The van der Waals surface area contributed by atoms with E-state index in [1.54, 1.807) is 0 Å². The van der Waals surface area contributed by atoms with Crippen LogP contribution in [0.4, 0.5) is 0 Å². The van der Waals surface area contributed by atoms with Crippen molar-refractivity contribution in [1.29, 1.82) is 0 Å². The number of benzene rings is 2. The van der Waals surface area contributed by atoms with Gasteiger partial charge in [0.2, 0.25) is 0 Å². The van der Waals surface area contributed by atoms with Crippen LogP contribution in [0.3, 0.4) is 0 Å². The van der Waals surface area contributed by atoms with E-state index in [1.165, 1.54) is 44.5 Å². The van der Waals surface area contributed by atoms with Crippen molar-refractivity contribution in [3.63, 3.8) is 0 Å². The van der Waals surface area contributed by atoms with Gasteiger partial charge in [-0.2, -0.15) is 0 Å². The van der Waals surface area contributed by atoms with Crippen molar-refractivity contribution in [3.05, 3.63) is 54.1 Å². The summed E-state index contributed by atoms with van der Waals surface area (Å²) in [7, 11) is 4.47. The third-order valence-corrected chi connectivity index (χ3v) is 6.43. The summed E-state index contributed by atoms with van der Waals surface area (Å²) in [5, 5.41) is 0.580. The van der Waals surface area contributed by atoms with E-state index < -0.39 is 0 Å². The van der Waals surface area contributed by atoms with Gasteiger partial charge in [-0.1, -0.05) is 42.1 Å². The van der Waals surface area contributed by atoms with Gasteiger partial charge in [-0.15, -0.1) is 11.8 Å². The zero-order valence-corrected chi connectivity index (χ0v) is 14.3. The lowest BCUT2D eigenvalue weighted by Gasteiger charge is -2.17. The number of hydrogen-bond acceptors (Lipinski definition) is 2. The normalized spacial score (nSPS) is 17.2. The Morgan fingerprint density at radius 2 is 1.57 bits per heavy atom. The molecule has 0 bridgehead atoms. The van der Waals surface area contributed by atoms with Gasteiger partial charge in [-0.05, 0) is 36.6 Å². The molecule has 2 aromatic carbocycles.